The predicted molar refractivity (Wildman–Crippen MR) is 64.8 cm³/mol. The van der Waals surface area contributed by atoms with Gasteiger partial charge in [-0.25, -0.2) is 4.79 Å². The number of rotatable bonds is 3. The number of amides is 1. The Balaban J connectivity index is 1.76. The zero-order valence-electron chi connectivity index (χ0n) is 9.95. The highest BCUT2D eigenvalue weighted by molar-refractivity contribution is 5.67. The van der Waals surface area contributed by atoms with Gasteiger partial charge in [-0.05, 0) is 18.4 Å². The summed E-state index contributed by atoms with van der Waals surface area (Å²) in [5, 5.41) is 21.5. The summed E-state index contributed by atoms with van der Waals surface area (Å²) in [5.74, 6) is 0. The Labute approximate surface area is 105 Å². The second-order valence-corrected chi connectivity index (χ2v) is 4.45. The van der Waals surface area contributed by atoms with E-state index in [1.807, 2.05) is 30.3 Å². The van der Waals surface area contributed by atoms with Gasteiger partial charge in [-0.2, -0.15) is 0 Å². The van der Waals surface area contributed by atoms with Gasteiger partial charge in [0, 0.05) is 0 Å². The molecule has 5 nitrogen and oxygen atoms in total. The summed E-state index contributed by atoms with van der Waals surface area (Å²) in [4.78, 5) is 11.5. The molecule has 1 aliphatic rings. The fourth-order valence-corrected chi connectivity index (χ4v) is 2.03. The first kappa shape index (κ1) is 12.9. The fraction of sp³-hybridized carbons (Fsp3) is 0.462. The van der Waals surface area contributed by atoms with E-state index in [0.717, 1.165) is 5.56 Å². The number of alkyl carbamates (subject to hydrolysis) is 1. The average molecular weight is 251 g/mol. The molecular weight excluding hydrogens is 234 g/mol. The zero-order valence-corrected chi connectivity index (χ0v) is 9.95. The third kappa shape index (κ3) is 3.21. The molecule has 0 unspecified atom stereocenters. The van der Waals surface area contributed by atoms with Gasteiger partial charge in [-0.15, -0.1) is 0 Å². The molecule has 98 valence electrons. The average Bonchev–Trinajstić information content (AvgIpc) is 2.70. The van der Waals surface area contributed by atoms with Crippen LogP contribution in [0, 0.1) is 0 Å². The molecule has 0 spiro atoms. The lowest BCUT2D eigenvalue weighted by atomic mass is 10.2. The molecule has 1 aromatic rings. The minimum atomic E-state index is -0.908. The smallest absolute Gasteiger partial charge is 0.407 e. The van der Waals surface area contributed by atoms with Crippen molar-refractivity contribution < 1.29 is 19.7 Å². The van der Waals surface area contributed by atoms with Crippen molar-refractivity contribution in [1.82, 2.24) is 5.32 Å². The monoisotopic (exact) mass is 251 g/mol. The Bertz CT molecular complexity index is 395. The Kier molecular flexibility index (Phi) is 4.17. The minimum Gasteiger partial charge on any atom is -0.445 e. The first-order valence-corrected chi connectivity index (χ1v) is 6.00. The highest BCUT2D eigenvalue weighted by atomic mass is 16.5. The van der Waals surface area contributed by atoms with E-state index < -0.39 is 24.3 Å². The maximum Gasteiger partial charge on any atom is 0.407 e. The molecule has 0 heterocycles. The van der Waals surface area contributed by atoms with E-state index in [4.69, 9.17) is 4.74 Å². The Hall–Kier alpha value is -1.59. The lowest BCUT2D eigenvalue weighted by Gasteiger charge is -2.17. The van der Waals surface area contributed by atoms with Gasteiger partial charge in [0.05, 0.1) is 12.1 Å². The van der Waals surface area contributed by atoms with E-state index in [-0.39, 0.29) is 6.61 Å². The Morgan fingerprint density at radius 2 is 2.00 bits per heavy atom. The van der Waals surface area contributed by atoms with Crippen LogP contribution in [0.4, 0.5) is 4.79 Å². The number of hydrogen-bond acceptors (Lipinski definition) is 4. The number of ether oxygens (including phenoxy) is 1. The quantitative estimate of drug-likeness (QED) is 0.742. The first-order chi connectivity index (χ1) is 8.66. The van der Waals surface area contributed by atoms with Crippen LogP contribution in [-0.4, -0.2) is 34.6 Å². The molecule has 2 rings (SSSR count). The Morgan fingerprint density at radius 3 is 2.61 bits per heavy atom. The molecule has 0 aromatic heterocycles. The number of carbonyl (C=O) groups is 1. The largest absolute Gasteiger partial charge is 0.445 e. The summed E-state index contributed by atoms with van der Waals surface area (Å²) in [5.41, 5.74) is 0.902. The topological polar surface area (TPSA) is 78.8 Å². The van der Waals surface area contributed by atoms with E-state index in [9.17, 15) is 15.0 Å². The molecule has 0 aliphatic heterocycles. The first-order valence-electron chi connectivity index (χ1n) is 6.00. The van der Waals surface area contributed by atoms with Crippen LogP contribution >= 0.6 is 0 Å². The van der Waals surface area contributed by atoms with E-state index >= 15 is 0 Å². The highest BCUT2D eigenvalue weighted by Crippen LogP contribution is 2.19. The summed E-state index contributed by atoms with van der Waals surface area (Å²) < 4.78 is 5.03. The maximum absolute atomic E-state index is 11.5. The summed E-state index contributed by atoms with van der Waals surface area (Å²) in [7, 11) is 0. The number of carbonyl (C=O) groups excluding carboxylic acids is 1. The molecule has 3 N–H and O–H groups in total. The van der Waals surface area contributed by atoms with Crippen molar-refractivity contribution in [1.29, 1.82) is 0 Å². The normalized spacial score (nSPS) is 26.9. The summed E-state index contributed by atoms with van der Waals surface area (Å²) in [6, 6.07) is 8.92. The van der Waals surface area contributed by atoms with Crippen molar-refractivity contribution in [2.45, 2.75) is 37.7 Å². The van der Waals surface area contributed by atoms with Crippen LogP contribution in [0.15, 0.2) is 30.3 Å². The number of aliphatic hydroxyl groups is 2. The molecular formula is C13H17NO4. The van der Waals surface area contributed by atoms with Gasteiger partial charge in [0.1, 0.15) is 12.7 Å². The fourth-order valence-electron chi connectivity index (χ4n) is 2.03. The number of aliphatic hydroxyl groups excluding tert-OH is 2. The number of benzene rings is 1. The van der Waals surface area contributed by atoms with Crippen molar-refractivity contribution in [3.05, 3.63) is 35.9 Å². The van der Waals surface area contributed by atoms with Gasteiger partial charge < -0.3 is 20.3 Å². The molecule has 0 radical (unpaired) electrons. The highest BCUT2D eigenvalue weighted by Gasteiger charge is 2.34. The summed E-state index contributed by atoms with van der Waals surface area (Å²) in [6.45, 7) is 0.193. The van der Waals surface area contributed by atoms with Crippen LogP contribution in [0.5, 0.6) is 0 Å². The molecule has 1 aliphatic carbocycles. The van der Waals surface area contributed by atoms with Crippen molar-refractivity contribution in [2.24, 2.45) is 0 Å². The van der Waals surface area contributed by atoms with E-state index in [1.54, 1.807) is 0 Å². The maximum atomic E-state index is 11.5. The molecule has 1 amide bonds. The zero-order chi connectivity index (χ0) is 13.0. The van der Waals surface area contributed by atoms with Crippen LogP contribution in [0.25, 0.3) is 0 Å². The van der Waals surface area contributed by atoms with Gasteiger partial charge in [-0.3, -0.25) is 0 Å². The summed E-state index contributed by atoms with van der Waals surface area (Å²) >= 11 is 0. The third-order valence-electron chi connectivity index (χ3n) is 3.10. The molecule has 1 saturated carbocycles. The molecule has 5 heteroatoms. The van der Waals surface area contributed by atoms with Crippen LogP contribution < -0.4 is 5.32 Å². The lowest BCUT2D eigenvalue weighted by molar-refractivity contribution is 0.0289. The number of nitrogens with one attached hydrogen (secondary N) is 1. The second kappa shape index (κ2) is 5.84. The molecule has 18 heavy (non-hydrogen) atoms. The van der Waals surface area contributed by atoms with Crippen molar-refractivity contribution in [2.75, 3.05) is 0 Å². The second-order valence-electron chi connectivity index (χ2n) is 4.45. The molecule has 3 atom stereocenters. The van der Waals surface area contributed by atoms with Crippen LogP contribution in [-0.2, 0) is 11.3 Å². The van der Waals surface area contributed by atoms with Gasteiger partial charge in [0.2, 0.25) is 0 Å². The van der Waals surface area contributed by atoms with Crippen molar-refractivity contribution in [3.63, 3.8) is 0 Å². The molecule has 1 fully saturated rings. The van der Waals surface area contributed by atoms with E-state index in [2.05, 4.69) is 5.32 Å². The van der Waals surface area contributed by atoms with Gasteiger partial charge in [0.25, 0.3) is 0 Å². The molecule has 0 saturated heterocycles. The van der Waals surface area contributed by atoms with Crippen molar-refractivity contribution in [3.8, 4) is 0 Å². The SMILES string of the molecule is O=C(N[C@H]1CC[C@H](O)[C@@H]1O)OCc1ccccc1. The van der Waals surface area contributed by atoms with Crippen LogP contribution in [0.3, 0.4) is 0 Å². The predicted octanol–water partition coefficient (Wildman–Crippen LogP) is 0.797. The van der Waals surface area contributed by atoms with Crippen LogP contribution in [0.2, 0.25) is 0 Å². The van der Waals surface area contributed by atoms with E-state index in [0.29, 0.717) is 12.8 Å². The minimum absolute atomic E-state index is 0.193. The number of hydrogen-bond donors (Lipinski definition) is 3. The Morgan fingerprint density at radius 1 is 1.28 bits per heavy atom. The van der Waals surface area contributed by atoms with E-state index in [1.165, 1.54) is 0 Å². The standard InChI is InChI=1S/C13H17NO4/c15-11-7-6-10(12(11)16)14-13(17)18-8-9-4-2-1-3-5-9/h1-5,10-12,15-16H,6-8H2,(H,14,17)/t10-,11-,12+/m0/s1. The van der Waals surface area contributed by atoms with Gasteiger partial charge in [0.15, 0.2) is 0 Å². The summed E-state index contributed by atoms with van der Waals surface area (Å²) in [6.07, 6.45) is -1.19. The van der Waals surface area contributed by atoms with Gasteiger partial charge in [-0.1, -0.05) is 30.3 Å². The molecule has 1 aromatic carbocycles. The lowest BCUT2D eigenvalue weighted by Crippen LogP contribution is -2.43. The van der Waals surface area contributed by atoms with Crippen molar-refractivity contribution >= 4 is 6.09 Å². The molecule has 0 bridgehead atoms. The van der Waals surface area contributed by atoms with Crippen LogP contribution in [0.1, 0.15) is 18.4 Å². The third-order valence-corrected chi connectivity index (χ3v) is 3.10. The van der Waals surface area contributed by atoms with Gasteiger partial charge >= 0.3 is 6.09 Å².